The number of nitrogens with one attached hydrogen (secondary N) is 1. The molecule has 1 aliphatic heterocycles. The lowest BCUT2D eigenvalue weighted by Gasteiger charge is -2.31. The number of hydrogen-bond acceptors (Lipinski definition) is 7. The minimum Gasteiger partial charge on any atom is -0.423 e. The van der Waals surface area contributed by atoms with Crippen LogP contribution in [0.5, 0.6) is 0 Å². The van der Waals surface area contributed by atoms with Crippen molar-refractivity contribution in [1.29, 1.82) is 0 Å². The molecule has 8 heteroatoms. The van der Waals surface area contributed by atoms with Gasteiger partial charge in [-0.15, -0.1) is 0 Å². The molecule has 106 valence electrons. The first-order valence-electron chi connectivity index (χ1n) is 6.37. The van der Waals surface area contributed by atoms with Crippen LogP contribution in [-0.2, 0) is 0 Å². The summed E-state index contributed by atoms with van der Waals surface area (Å²) in [5, 5.41) is 12.7. The van der Waals surface area contributed by atoms with Crippen LogP contribution in [0.4, 0.5) is 11.7 Å². The third kappa shape index (κ3) is 2.56. The van der Waals surface area contributed by atoms with E-state index in [1.807, 2.05) is 5.01 Å². The summed E-state index contributed by atoms with van der Waals surface area (Å²) < 4.78 is 5.53. The highest BCUT2D eigenvalue weighted by molar-refractivity contribution is 5.77. The predicted molar refractivity (Wildman–Crippen MR) is 73.4 cm³/mol. The second kappa shape index (κ2) is 5.06. The Morgan fingerprint density at radius 2 is 2.10 bits per heavy atom. The summed E-state index contributed by atoms with van der Waals surface area (Å²) in [7, 11) is 2.08. The number of nitrogens with zero attached hydrogens (tertiary/aromatic N) is 4. The number of nitro groups is 1. The Morgan fingerprint density at radius 1 is 1.35 bits per heavy atom. The van der Waals surface area contributed by atoms with Crippen molar-refractivity contribution >= 4 is 22.8 Å². The summed E-state index contributed by atoms with van der Waals surface area (Å²) in [6, 6.07) is 4.75. The smallest absolute Gasteiger partial charge is 0.310 e. The van der Waals surface area contributed by atoms with Crippen LogP contribution < -0.4 is 5.43 Å². The van der Waals surface area contributed by atoms with E-state index in [0.29, 0.717) is 17.1 Å². The molecule has 0 amide bonds. The molecule has 0 spiro atoms. The molecule has 1 fully saturated rings. The fourth-order valence-corrected chi connectivity index (χ4v) is 2.13. The number of hydrogen-bond donors (Lipinski definition) is 1. The average molecular weight is 277 g/mol. The van der Waals surface area contributed by atoms with Gasteiger partial charge in [-0.1, -0.05) is 0 Å². The largest absolute Gasteiger partial charge is 0.423 e. The number of rotatable bonds is 3. The lowest BCUT2D eigenvalue weighted by atomic mass is 10.3. The zero-order valence-corrected chi connectivity index (χ0v) is 11.1. The first kappa shape index (κ1) is 12.8. The first-order valence-corrected chi connectivity index (χ1v) is 6.37. The van der Waals surface area contributed by atoms with Gasteiger partial charge in [-0.05, 0) is 13.1 Å². The molecule has 0 aliphatic carbocycles. The molecular formula is C12H15N5O3. The van der Waals surface area contributed by atoms with E-state index >= 15 is 0 Å². The minimum absolute atomic E-state index is 0.0111. The number of non-ortho nitro benzene ring substituents is 1. The van der Waals surface area contributed by atoms with Gasteiger partial charge in [0.2, 0.25) is 0 Å². The Hall–Kier alpha value is -2.19. The minimum atomic E-state index is -0.443. The van der Waals surface area contributed by atoms with Crippen LogP contribution in [0.3, 0.4) is 0 Å². The maximum absolute atomic E-state index is 10.7. The molecule has 1 N–H and O–H groups in total. The van der Waals surface area contributed by atoms with Gasteiger partial charge in [0.1, 0.15) is 5.52 Å². The zero-order valence-electron chi connectivity index (χ0n) is 11.1. The molecule has 0 atom stereocenters. The SMILES string of the molecule is CN1CCN(Nc2nc3cc([N+](=O)[O-])ccc3o2)CC1. The normalized spacial score (nSPS) is 17.4. The second-order valence-electron chi connectivity index (χ2n) is 4.83. The third-order valence-corrected chi connectivity index (χ3v) is 3.34. The lowest BCUT2D eigenvalue weighted by Crippen LogP contribution is -2.46. The number of anilines is 1. The molecule has 2 heterocycles. The molecule has 0 saturated carbocycles. The fourth-order valence-electron chi connectivity index (χ4n) is 2.13. The molecule has 1 saturated heterocycles. The standard InChI is InChI=1S/C12H15N5O3/c1-15-4-6-16(7-5-15)14-12-13-10-8-9(17(18)19)2-3-11(10)20-12/h2-3,8H,4-7H2,1H3,(H,13,14). The molecule has 2 aromatic rings. The van der Waals surface area contributed by atoms with Crippen molar-refractivity contribution in [2.75, 3.05) is 38.7 Å². The molecule has 0 unspecified atom stereocenters. The number of benzene rings is 1. The lowest BCUT2D eigenvalue weighted by molar-refractivity contribution is -0.384. The van der Waals surface area contributed by atoms with Crippen LogP contribution in [0.15, 0.2) is 22.6 Å². The number of aromatic nitrogens is 1. The van der Waals surface area contributed by atoms with Crippen molar-refractivity contribution < 1.29 is 9.34 Å². The van der Waals surface area contributed by atoms with Gasteiger partial charge in [-0.3, -0.25) is 15.5 Å². The fraction of sp³-hybridized carbons (Fsp3) is 0.417. The molecule has 0 bridgehead atoms. The van der Waals surface area contributed by atoms with E-state index in [1.54, 1.807) is 6.07 Å². The first-order chi connectivity index (χ1) is 9.61. The van der Waals surface area contributed by atoms with E-state index in [9.17, 15) is 10.1 Å². The van der Waals surface area contributed by atoms with E-state index in [1.165, 1.54) is 12.1 Å². The maximum atomic E-state index is 10.7. The summed E-state index contributed by atoms with van der Waals surface area (Å²) in [5.74, 6) is 0. The second-order valence-corrected chi connectivity index (χ2v) is 4.83. The molecule has 1 aliphatic rings. The highest BCUT2D eigenvalue weighted by atomic mass is 16.6. The van der Waals surface area contributed by atoms with E-state index in [-0.39, 0.29) is 5.69 Å². The van der Waals surface area contributed by atoms with Crippen molar-refractivity contribution in [2.24, 2.45) is 0 Å². The van der Waals surface area contributed by atoms with E-state index in [4.69, 9.17) is 4.42 Å². The Kier molecular flexibility index (Phi) is 3.25. The summed E-state index contributed by atoms with van der Waals surface area (Å²) in [4.78, 5) is 16.8. The van der Waals surface area contributed by atoms with Crippen LogP contribution in [0, 0.1) is 10.1 Å². The zero-order chi connectivity index (χ0) is 14.1. The van der Waals surface area contributed by atoms with Gasteiger partial charge in [0.25, 0.3) is 5.69 Å². The van der Waals surface area contributed by atoms with Crippen LogP contribution in [-0.4, -0.2) is 53.0 Å². The van der Waals surface area contributed by atoms with Gasteiger partial charge >= 0.3 is 6.01 Å². The van der Waals surface area contributed by atoms with Gasteiger partial charge in [0, 0.05) is 38.3 Å². The summed E-state index contributed by atoms with van der Waals surface area (Å²) in [6.07, 6.45) is 0. The quantitative estimate of drug-likeness (QED) is 0.668. The van der Waals surface area contributed by atoms with E-state index in [0.717, 1.165) is 26.2 Å². The van der Waals surface area contributed by atoms with Crippen LogP contribution in [0.2, 0.25) is 0 Å². The summed E-state index contributed by atoms with van der Waals surface area (Å²) in [5.41, 5.74) is 4.13. The number of piperazine rings is 1. The van der Waals surface area contributed by atoms with Crippen LogP contribution in [0.25, 0.3) is 11.1 Å². The van der Waals surface area contributed by atoms with E-state index < -0.39 is 4.92 Å². The van der Waals surface area contributed by atoms with Crippen molar-refractivity contribution in [3.63, 3.8) is 0 Å². The predicted octanol–water partition coefficient (Wildman–Crippen LogP) is 1.31. The van der Waals surface area contributed by atoms with Crippen molar-refractivity contribution in [3.05, 3.63) is 28.3 Å². The van der Waals surface area contributed by atoms with Gasteiger partial charge in [-0.25, -0.2) is 5.01 Å². The van der Waals surface area contributed by atoms with Crippen LogP contribution in [0.1, 0.15) is 0 Å². The summed E-state index contributed by atoms with van der Waals surface area (Å²) in [6.45, 7) is 3.68. The number of fused-ring (bicyclic) bond motifs is 1. The summed E-state index contributed by atoms with van der Waals surface area (Å²) >= 11 is 0. The molecule has 1 aromatic carbocycles. The van der Waals surface area contributed by atoms with Crippen molar-refractivity contribution in [2.45, 2.75) is 0 Å². The van der Waals surface area contributed by atoms with Crippen molar-refractivity contribution in [1.82, 2.24) is 14.9 Å². The third-order valence-electron chi connectivity index (χ3n) is 3.34. The number of hydrazine groups is 1. The molecule has 0 radical (unpaired) electrons. The highest BCUT2D eigenvalue weighted by Crippen LogP contribution is 2.23. The average Bonchev–Trinajstić information content (AvgIpc) is 2.82. The Labute approximate surface area is 115 Å². The van der Waals surface area contributed by atoms with Gasteiger partial charge in [0.15, 0.2) is 5.58 Å². The van der Waals surface area contributed by atoms with Gasteiger partial charge in [0.05, 0.1) is 4.92 Å². The maximum Gasteiger partial charge on any atom is 0.310 e. The highest BCUT2D eigenvalue weighted by Gasteiger charge is 2.16. The van der Waals surface area contributed by atoms with Gasteiger partial charge in [-0.2, -0.15) is 4.98 Å². The number of nitro benzene ring substituents is 1. The molecule has 3 rings (SSSR count). The van der Waals surface area contributed by atoms with Crippen molar-refractivity contribution in [3.8, 4) is 0 Å². The van der Waals surface area contributed by atoms with Crippen LogP contribution >= 0.6 is 0 Å². The Bertz CT molecular complexity index is 633. The molecule has 20 heavy (non-hydrogen) atoms. The van der Waals surface area contributed by atoms with E-state index in [2.05, 4.69) is 22.4 Å². The molecule has 8 nitrogen and oxygen atoms in total. The number of likely N-dealkylation sites (N-methyl/N-ethyl adjacent to an activating group) is 1. The monoisotopic (exact) mass is 277 g/mol. The number of oxazole rings is 1. The molecular weight excluding hydrogens is 262 g/mol. The topological polar surface area (TPSA) is 87.7 Å². The Morgan fingerprint density at radius 3 is 2.80 bits per heavy atom. The Balaban J connectivity index is 1.77. The molecule has 1 aromatic heterocycles. The van der Waals surface area contributed by atoms with Gasteiger partial charge < -0.3 is 9.32 Å².